The number of alkyl halides is 3. The number of hydrogen-bond donors (Lipinski definition) is 1. The summed E-state index contributed by atoms with van der Waals surface area (Å²) in [4.78, 5) is 11.2. The molecule has 0 aliphatic rings. The Labute approximate surface area is 119 Å². The van der Waals surface area contributed by atoms with Gasteiger partial charge in [0, 0.05) is 6.20 Å². The Balaban J connectivity index is 2.18. The maximum atomic E-state index is 12.5. The molecule has 0 aliphatic heterocycles. The van der Waals surface area contributed by atoms with Crippen molar-refractivity contribution < 1.29 is 13.2 Å². The van der Waals surface area contributed by atoms with Crippen LogP contribution in [0.3, 0.4) is 0 Å². The molecule has 10 heteroatoms. The van der Waals surface area contributed by atoms with Crippen molar-refractivity contribution in [1.82, 2.24) is 24.6 Å². The van der Waals surface area contributed by atoms with Crippen LogP contribution in [0, 0.1) is 11.7 Å². The van der Waals surface area contributed by atoms with Crippen molar-refractivity contribution in [1.29, 1.82) is 0 Å². The van der Waals surface area contributed by atoms with Gasteiger partial charge in [0.15, 0.2) is 4.77 Å². The van der Waals surface area contributed by atoms with Crippen LogP contribution in [-0.2, 0) is 6.18 Å². The topological polar surface area (TPSA) is 58.9 Å². The molecule has 5 nitrogen and oxygen atoms in total. The number of fused-ring (bicyclic) bond motifs is 1. The lowest BCUT2D eigenvalue weighted by Crippen LogP contribution is -2.08. The van der Waals surface area contributed by atoms with Gasteiger partial charge in [-0.15, -0.1) is 5.10 Å². The summed E-state index contributed by atoms with van der Waals surface area (Å²) in [6.07, 6.45) is -3.01. The maximum absolute atomic E-state index is 12.5. The van der Waals surface area contributed by atoms with Crippen LogP contribution in [0.2, 0.25) is 0 Å². The minimum absolute atomic E-state index is 0.181. The minimum atomic E-state index is -4.55. The highest BCUT2D eigenvalue weighted by Crippen LogP contribution is 2.33. The fourth-order valence-corrected chi connectivity index (χ4v) is 2.93. The van der Waals surface area contributed by atoms with Crippen LogP contribution in [0.1, 0.15) is 11.5 Å². The molecule has 1 N–H and O–H groups in total. The number of aromatic amines is 1. The summed E-state index contributed by atoms with van der Waals surface area (Å²) in [6, 6.07) is 1.69. The van der Waals surface area contributed by atoms with Gasteiger partial charge in [-0.2, -0.15) is 18.2 Å². The van der Waals surface area contributed by atoms with Crippen molar-refractivity contribution >= 4 is 28.5 Å². The molecular formula is C10H6F3N5S2. The van der Waals surface area contributed by atoms with E-state index < -0.39 is 12.0 Å². The Hall–Kier alpha value is -1.81. The average Bonchev–Trinajstić information content (AvgIpc) is 2.89. The third kappa shape index (κ3) is 2.10. The van der Waals surface area contributed by atoms with Gasteiger partial charge in [-0.05, 0) is 25.2 Å². The predicted octanol–water partition coefficient (Wildman–Crippen LogP) is 3.24. The zero-order valence-electron chi connectivity index (χ0n) is 9.89. The third-order valence-corrected chi connectivity index (χ3v) is 3.96. The molecule has 20 heavy (non-hydrogen) atoms. The molecule has 3 aromatic rings. The number of aromatic nitrogens is 5. The van der Waals surface area contributed by atoms with Gasteiger partial charge >= 0.3 is 6.18 Å². The zero-order valence-corrected chi connectivity index (χ0v) is 11.5. The Kier molecular flexibility index (Phi) is 2.87. The molecule has 0 aromatic carbocycles. The fourth-order valence-electron chi connectivity index (χ4n) is 1.71. The predicted molar refractivity (Wildman–Crippen MR) is 69.0 cm³/mol. The molecule has 0 unspecified atom stereocenters. The average molecular weight is 317 g/mol. The second-order valence-electron chi connectivity index (χ2n) is 3.93. The van der Waals surface area contributed by atoms with Crippen LogP contribution in [-0.4, -0.2) is 24.6 Å². The van der Waals surface area contributed by atoms with Crippen LogP contribution in [0.4, 0.5) is 13.2 Å². The first kappa shape index (κ1) is 13.2. The molecule has 3 rings (SSSR count). The summed E-state index contributed by atoms with van der Waals surface area (Å²) in [5, 5.41) is 3.49. The quantitative estimate of drug-likeness (QED) is 0.700. The zero-order chi connectivity index (χ0) is 14.5. The van der Waals surface area contributed by atoms with E-state index in [-0.39, 0.29) is 4.96 Å². The first-order valence-corrected chi connectivity index (χ1v) is 6.58. The molecule has 0 atom stereocenters. The van der Waals surface area contributed by atoms with E-state index in [4.69, 9.17) is 12.2 Å². The van der Waals surface area contributed by atoms with E-state index in [9.17, 15) is 13.2 Å². The molecule has 0 radical (unpaired) electrons. The number of hydrogen-bond acceptors (Lipinski definition) is 5. The van der Waals surface area contributed by atoms with Gasteiger partial charge in [-0.1, -0.05) is 11.3 Å². The Morgan fingerprint density at radius 2 is 2.15 bits per heavy atom. The molecule has 0 saturated carbocycles. The van der Waals surface area contributed by atoms with Crippen molar-refractivity contribution in [3.8, 4) is 10.6 Å². The van der Waals surface area contributed by atoms with E-state index in [0.29, 0.717) is 16.2 Å². The monoisotopic (exact) mass is 317 g/mol. The molecule has 0 bridgehead atoms. The lowest BCUT2D eigenvalue weighted by Gasteiger charge is -2.00. The van der Waals surface area contributed by atoms with Gasteiger partial charge in [-0.3, -0.25) is 0 Å². The van der Waals surface area contributed by atoms with Crippen molar-refractivity contribution in [3.05, 3.63) is 28.6 Å². The van der Waals surface area contributed by atoms with Gasteiger partial charge in [-0.25, -0.2) is 9.50 Å². The first-order valence-electron chi connectivity index (χ1n) is 5.35. The lowest BCUT2D eigenvalue weighted by molar-refractivity contribution is -0.144. The van der Waals surface area contributed by atoms with Crippen molar-refractivity contribution in [2.24, 2.45) is 0 Å². The molecule has 3 aromatic heterocycles. The highest BCUT2D eigenvalue weighted by Gasteiger charge is 2.37. The summed E-state index contributed by atoms with van der Waals surface area (Å²) in [5.74, 6) is -1.14. The van der Waals surface area contributed by atoms with Crippen LogP contribution >= 0.6 is 23.6 Å². The second-order valence-corrected chi connectivity index (χ2v) is 5.30. The minimum Gasteiger partial charge on any atom is -0.330 e. The van der Waals surface area contributed by atoms with Gasteiger partial charge in [0.25, 0.3) is 5.82 Å². The molecule has 0 spiro atoms. The second kappa shape index (κ2) is 4.35. The first-order chi connectivity index (χ1) is 9.36. The number of rotatable bonds is 1. The standard InChI is InChI=1S/C10H6F3N5S2/c1-4-6(5-2-3-14-8(19)15-5)20-9-16-7(10(11,12)13)17-18(4)9/h2-3H,1H3,(H,14,15,19). The van der Waals surface area contributed by atoms with Gasteiger partial charge in [0.2, 0.25) is 4.96 Å². The van der Waals surface area contributed by atoms with E-state index in [1.54, 1.807) is 13.0 Å². The number of aryl methyl sites for hydroxylation is 1. The Morgan fingerprint density at radius 3 is 2.75 bits per heavy atom. The number of nitrogens with one attached hydrogen (secondary N) is 1. The number of halogens is 3. The van der Waals surface area contributed by atoms with E-state index in [1.807, 2.05) is 0 Å². The number of H-pyrrole nitrogens is 1. The molecular weight excluding hydrogens is 311 g/mol. The Morgan fingerprint density at radius 1 is 1.40 bits per heavy atom. The van der Waals surface area contributed by atoms with E-state index >= 15 is 0 Å². The van der Waals surface area contributed by atoms with Gasteiger partial charge in [0.1, 0.15) is 0 Å². The molecule has 3 heterocycles. The summed E-state index contributed by atoms with van der Waals surface area (Å²) in [5.41, 5.74) is 1.23. The summed E-state index contributed by atoms with van der Waals surface area (Å²) in [6.45, 7) is 1.67. The van der Waals surface area contributed by atoms with Crippen LogP contribution in [0.5, 0.6) is 0 Å². The van der Waals surface area contributed by atoms with Crippen molar-refractivity contribution in [3.63, 3.8) is 0 Å². The molecule has 0 fully saturated rings. The highest BCUT2D eigenvalue weighted by atomic mass is 32.1. The van der Waals surface area contributed by atoms with E-state index in [2.05, 4.69) is 20.1 Å². The van der Waals surface area contributed by atoms with Crippen LogP contribution in [0.15, 0.2) is 12.3 Å². The van der Waals surface area contributed by atoms with E-state index in [1.165, 1.54) is 10.7 Å². The summed E-state index contributed by atoms with van der Waals surface area (Å²) in [7, 11) is 0. The fraction of sp³-hybridized carbons (Fsp3) is 0.200. The maximum Gasteiger partial charge on any atom is 0.453 e. The highest BCUT2D eigenvalue weighted by molar-refractivity contribution is 7.71. The van der Waals surface area contributed by atoms with Gasteiger partial charge in [0.05, 0.1) is 16.3 Å². The van der Waals surface area contributed by atoms with Crippen LogP contribution in [0.25, 0.3) is 15.5 Å². The van der Waals surface area contributed by atoms with Crippen LogP contribution < -0.4 is 0 Å². The molecule has 0 saturated heterocycles. The van der Waals surface area contributed by atoms with Crippen molar-refractivity contribution in [2.45, 2.75) is 13.1 Å². The number of thiazole rings is 1. The van der Waals surface area contributed by atoms with Gasteiger partial charge < -0.3 is 4.98 Å². The molecule has 104 valence electrons. The molecule has 0 amide bonds. The number of nitrogens with zero attached hydrogens (tertiary/aromatic N) is 4. The summed E-state index contributed by atoms with van der Waals surface area (Å²) < 4.78 is 39.1. The Bertz CT molecular complexity index is 845. The lowest BCUT2D eigenvalue weighted by atomic mass is 10.3. The SMILES string of the molecule is Cc1c(-c2ccnc(=S)[nH]2)sc2nc(C(F)(F)F)nn12. The summed E-state index contributed by atoms with van der Waals surface area (Å²) >= 11 is 6.03. The largest absolute Gasteiger partial charge is 0.453 e. The smallest absolute Gasteiger partial charge is 0.330 e. The van der Waals surface area contributed by atoms with E-state index in [0.717, 1.165) is 16.2 Å². The molecule has 0 aliphatic carbocycles. The van der Waals surface area contributed by atoms with Crippen molar-refractivity contribution in [2.75, 3.05) is 0 Å². The third-order valence-electron chi connectivity index (χ3n) is 2.59. The normalized spacial score (nSPS) is 12.2.